The van der Waals surface area contributed by atoms with E-state index in [2.05, 4.69) is 6.58 Å². The molecule has 0 spiro atoms. The highest BCUT2D eigenvalue weighted by Crippen LogP contribution is 2.40. The van der Waals surface area contributed by atoms with Crippen LogP contribution >= 0.6 is 0 Å². The van der Waals surface area contributed by atoms with Gasteiger partial charge in [-0.3, -0.25) is 0 Å². The highest BCUT2D eigenvalue weighted by Gasteiger charge is 2.15. The molecule has 0 bridgehead atoms. The number of ether oxygens (including phenoxy) is 2. The molecule has 92 valence electrons. The van der Waals surface area contributed by atoms with E-state index < -0.39 is 5.97 Å². The summed E-state index contributed by atoms with van der Waals surface area (Å²) in [5.74, 6) is 0.0576. The Morgan fingerprint density at radius 1 is 1.33 bits per heavy atom. The van der Waals surface area contributed by atoms with Gasteiger partial charge in [0, 0.05) is 22.9 Å². The van der Waals surface area contributed by atoms with E-state index in [9.17, 15) is 9.90 Å². The number of benzene rings is 2. The number of methoxy groups -OCH3 is 1. The summed E-state index contributed by atoms with van der Waals surface area (Å²) in [6, 6.07) is 8.45. The summed E-state index contributed by atoms with van der Waals surface area (Å²) < 4.78 is 10.3. The van der Waals surface area contributed by atoms with E-state index in [0.29, 0.717) is 16.5 Å². The second-order valence-electron chi connectivity index (χ2n) is 3.60. The molecule has 2 rings (SSSR count). The first kappa shape index (κ1) is 12.0. The van der Waals surface area contributed by atoms with Crippen LogP contribution in [0.15, 0.2) is 43.0 Å². The van der Waals surface area contributed by atoms with Crippen molar-refractivity contribution in [2.45, 2.75) is 0 Å². The van der Waals surface area contributed by atoms with E-state index in [1.165, 1.54) is 13.2 Å². The number of phenolic OH excluding ortho intramolecular Hbond substituents is 1. The molecular formula is C14H12O4. The van der Waals surface area contributed by atoms with Crippen molar-refractivity contribution in [3.05, 3.63) is 43.0 Å². The lowest BCUT2D eigenvalue weighted by molar-refractivity contribution is -0.128. The maximum atomic E-state index is 11.3. The molecule has 0 unspecified atom stereocenters. The molecule has 0 amide bonds. The lowest BCUT2D eigenvalue weighted by Gasteiger charge is -2.12. The lowest BCUT2D eigenvalue weighted by Crippen LogP contribution is -2.05. The van der Waals surface area contributed by atoms with Crippen molar-refractivity contribution >= 4 is 16.7 Å². The van der Waals surface area contributed by atoms with Gasteiger partial charge in [-0.05, 0) is 0 Å². The zero-order chi connectivity index (χ0) is 13.1. The summed E-state index contributed by atoms with van der Waals surface area (Å²) in [5.41, 5.74) is 0. The summed E-state index contributed by atoms with van der Waals surface area (Å²) in [6.07, 6.45) is 1.07. The third kappa shape index (κ3) is 2.00. The Hall–Kier alpha value is -2.49. The molecule has 0 aliphatic rings. The van der Waals surface area contributed by atoms with Crippen LogP contribution < -0.4 is 9.47 Å². The highest BCUT2D eigenvalue weighted by atomic mass is 16.6. The Morgan fingerprint density at radius 2 is 2.00 bits per heavy atom. The number of rotatable bonds is 3. The molecule has 0 fully saturated rings. The van der Waals surface area contributed by atoms with Crippen LogP contribution in [0, 0.1) is 0 Å². The number of aromatic hydroxyl groups is 1. The van der Waals surface area contributed by atoms with Gasteiger partial charge < -0.3 is 14.6 Å². The number of esters is 1. The standard InChI is InChI=1S/C14H12O4/c1-3-13(16)18-14-10-7-5-4-6-9(10)11(15)8-12(14)17-2/h3-8,15H,1H2,2H3. The van der Waals surface area contributed by atoms with E-state index >= 15 is 0 Å². The lowest BCUT2D eigenvalue weighted by atomic mass is 10.1. The van der Waals surface area contributed by atoms with Crippen LogP contribution in [0.3, 0.4) is 0 Å². The van der Waals surface area contributed by atoms with E-state index in [1.54, 1.807) is 24.3 Å². The van der Waals surface area contributed by atoms with Gasteiger partial charge in [-0.2, -0.15) is 0 Å². The smallest absolute Gasteiger partial charge is 0.335 e. The zero-order valence-corrected chi connectivity index (χ0v) is 9.84. The summed E-state index contributed by atoms with van der Waals surface area (Å²) >= 11 is 0. The minimum absolute atomic E-state index is 0.0702. The van der Waals surface area contributed by atoms with Crippen LogP contribution in [0.25, 0.3) is 10.8 Å². The molecule has 0 aliphatic carbocycles. The molecule has 0 atom stereocenters. The fourth-order valence-electron chi connectivity index (χ4n) is 1.70. The molecule has 1 N–H and O–H groups in total. The molecule has 0 aliphatic heterocycles. The molecule has 2 aromatic carbocycles. The maximum Gasteiger partial charge on any atom is 0.335 e. The minimum Gasteiger partial charge on any atom is -0.507 e. The van der Waals surface area contributed by atoms with Crippen LogP contribution in [0.5, 0.6) is 17.2 Å². The third-order valence-corrected chi connectivity index (χ3v) is 2.53. The number of hydrogen-bond donors (Lipinski definition) is 1. The molecule has 4 nitrogen and oxygen atoms in total. The van der Waals surface area contributed by atoms with Gasteiger partial charge in [0.2, 0.25) is 0 Å². The maximum absolute atomic E-state index is 11.3. The Balaban J connectivity index is 2.71. The minimum atomic E-state index is -0.579. The fraction of sp³-hybridized carbons (Fsp3) is 0.0714. The summed E-state index contributed by atoms with van der Waals surface area (Å²) in [4.78, 5) is 11.3. The largest absolute Gasteiger partial charge is 0.507 e. The van der Waals surface area contributed by atoms with Crippen LogP contribution in [-0.2, 0) is 4.79 Å². The van der Waals surface area contributed by atoms with Gasteiger partial charge >= 0.3 is 5.97 Å². The number of carbonyl (C=O) groups excluding carboxylic acids is 1. The summed E-state index contributed by atoms with van der Waals surface area (Å²) in [5, 5.41) is 11.0. The SMILES string of the molecule is C=CC(=O)Oc1c(OC)cc(O)c2ccccc12. The molecule has 0 radical (unpaired) electrons. The highest BCUT2D eigenvalue weighted by molar-refractivity contribution is 5.97. The first-order valence-electron chi connectivity index (χ1n) is 5.30. The predicted octanol–water partition coefficient (Wildman–Crippen LogP) is 2.65. The van der Waals surface area contributed by atoms with Crippen molar-refractivity contribution in [3.8, 4) is 17.2 Å². The van der Waals surface area contributed by atoms with E-state index in [4.69, 9.17) is 9.47 Å². The van der Waals surface area contributed by atoms with Crippen LogP contribution in [-0.4, -0.2) is 18.2 Å². The van der Waals surface area contributed by atoms with Crippen molar-refractivity contribution < 1.29 is 19.4 Å². The monoisotopic (exact) mass is 244 g/mol. The number of hydrogen-bond acceptors (Lipinski definition) is 4. The fourth-order valence-corrected chi connectivity index (χ4v) is 1.70. The molecule has 0 saturated heterocycles. The van der Waals surface area contributed by atoms with Crippen LogP contribution in [0.4, 0.5) is 0 Å². The normalized spacial score (nSPS) is 10.1. The second-order valence-corrected chi connectivity index (χ2v) is 3.60. The first-order valence-corrected chi connectivity index (χ1v) is 5.30. The van der Waals surface area contributed by atoms with Crippen molar-refractivity contribution in [1.82, 2.24) is 0 Å². The quantitative estimate of drug-likeness (QED) is 0.512. The van der Waals surface area contributed by atoms with Crippen LogP contribution in [0.1, 0.15) is 0 Å². The van der Waals surface area contributed by atoms with Gasteiger partial charge in [-0.25, -0.2) is 4.79 Å². The van der Waals surface area contributed by atoms with Crippen molar-refractivity contribution in [3.63, 3.8) is 0 Å². The second kappa shape index (κ2) is 4.79. The predicted molar refractivity (Wildman–Crippen MR) is 68.0 cm³/mol. The molecule has 0 saturated carbocycles. The molecular weight excluding hydrogens is 232 g/mol. The molecule has 18 heavy (non-hydrogen) atoms. The van der Waals surface area contributed by atoms with Crippen molar-refractivity contribution in [2.24, 2.45) is 0 Å². The van der Waals surface area contributed by atoms with Gasteiger partial charge in [-0.1, -0.05) is 30.8 Å². The summed E-state index contributed by atoms with van der Waals surface area (Å²) in [6.45, 7) is 3.35. The number of carbonyl (C=O) groups is 1. The molecule has 0 heterocycles. The number of phenols is 1. The first-order chi connectivity index (χ1) is 8.67. The Bertz CT molecular complexity index is 616. The van der Waals surface area contributed by atoms with Crippen LogP contribution in [0.2, 0.25) is 0 Å². The van der Waals surface area contributed by atoms with E-state index in [0.717, 1.165) is 6.08 Å². The molecule has 4 heteroatoms. The average molecular weight is 244 g/mol. The van der Waals surface area contributed by atoms with Gasteiger partial charge in [0.25, 0.3) is 0 Å². The van der Waals surface area contributed by atoms with Gasteiger partial charge in [-0.15, -0.1) is 0 Å². The van der Waals surface area contributed by atoms with Crippen molar-refractivity contribution in [2.75, 3.05) is 7.11 Å². The zero-order valence-electron chi connectivity index (χ0n) is 9.84. The molecule has 2 aromatic rings. The number of fused-ring (bicyclic) bond motifs is 1. The average Bonchev–Trinajstić information content (AvgIpc) is 2.41. The Labute approximate surface area is 104 Å². The topological polar surface area (TPSA) is 55.8 Å². The third-order valence-electron chi connectivity index (χ3n) is 2.53. The Kier molecular flexibility index (Phi) is 3.19. The van der Waals surface area contributed by atoms with E-state index in [-0.39, 0.29) is 11.5 Å². The Morgan fingerprint density at radius 3 is 2.61 bits per heavy atom. The van der Waals surface area contributed by atoms with Crippen molar-refractivity contribution in [1.29, 1.82) is 0 Å². The van der Waals surface area contributed by atoms with Gasteiger partial charge in [0.05, 0.1) is 7.11 Å². The summed E-state index contributed by atoms with van der Waals surface area (Å²) in [7, 11) is 1.44. The van der Waals surface area contributed by atoms with E-state index in [1.807, 2.05) is 0 Å². The van der Waals surface area contributed by atoms with Gasteiger partial charge in [0.1, 0.15) is 5.75 Å². The molecule has 0 aromatic heterocycles. The van der Waals surface area contributed by atoms with Gasteiger partial charge in [0.15, 0.2) is 11.5 Å².